The fraction of sp³-hybridized carbons (Fsp3) is 0.400. The molecule has 1 aromatic heterocycles. The van der Waals surface area contributed by atoms with Crippen LogP contribution >= 0.6 is 11.6 Å². The molecule has 0 aliphatic rings. The van der Waals surface area contributed by atoms with Crippen LogP contribution in [0.3, 0.4) is 0 Å². The molecular formula is C5H8ClN3O. The summed E-state index contributed by atoms with van der Waals surface area (Å²) < 4.78 is 1.30. The SMILES string of the molecule is Cn1[nH]c(CN)c(Cl)c1=O. The lowest BCUT2D eigenvalue weighted by atomic mass is 10.4. The van der Waals surface area contributed by atoms with Crippen molar-refractivity contribution in [3.63, 3.8) is 0 Å². The minimum absolute atomic E-state index is 0.185. The van der Waals surface area contributed by atoms with E-state index in [0.29, 0.717) is 5.69 Å². The second-order valence-electron chi connectivity index (χ2n) is 1.97. The number of aromatic amines is 1. The molecule has 0 bridgehead atoms. The maximum atomic E-state index is 10.9. The van der Waals surface area contributed by atoms with E-state index >= 15 is 0 Å². The maximum Gasteiger partial charge on any atom is 0.285 e. The molecule has 0 aliphatic carbocycles. The molecule has 5 heteroatoms. The minimum atomic E-state index is -0.234. The number of nitrogens with zero attached hydrogens (tertiary/aromatic N) is 1. The molecule has 0 spiro atoms. The Hall–Kier alpha value is -0.740. The van der Waals surface area contributed by atoms with Crippen molar-refractivity contribution in [1.29, 1.82) is 0 Å². The van der Waals surface area contributed by atoms with Crippen LogP contribution in [0.4, 0.5) is 0 Å². The summed E-state index contributed by atoms with van der Waals surface area (Å²) in [6.07, 6.45) is 0. The topological polar surface area (TPSA) is 63.8 Å². The first-order valence-electron chi connectivity index (χ1n) is 2.80. The van der Waals surface area contributed by atoms with Crippen LogP contribution in [-0.4, -0.2) is 9.78 Å². The zero-order chi connectivity index (χ0) is 7.72. The van der Waals surface area contributed by atoms with Crippen molar-refractivity contribution in [3.8, 4) is 0 Å². The molecule has 3 N–H and O–H groups in total. The van der Waals surface area contributed by atoms with Crippen molar-refractivity contribution in [3.05, 3.63) is 21.1 Å². The highest BCUT2D eigenvalue weighted by molar-refractivity contribution is 6.31. The van der Waals surface area contributed by atoms with Gasteiger partial charge in [-0.15, -0.1) is 0 Å². The quantitative estimate of drug-likeness (QED) is 0.601. The first-order chi connectivity index (χ1) is 4.66. The fourth-order valence-corrected chi connectivity index (χ4v) is 0.960. The monoisotopic (exact) mass is 161 g/mol. The number of halogens is 1. The summed E-state index contributed by atoms with van der Waals surface area (Å²) >= 11 is 5.57. The van der Waals surface area contributed by atoms with Gasteiger partial charge in [0.15, 0.2) is 0 Å². The van der Waals surface area contributed by atoms with Crippen LogP contribution in [-0.2, 0) is 13.6 Å². The molecule has 4 nitrogen and oxygen atoms in total. The van der Waals surface area contributed by atoms with Gasteiger partial charge in [-0.3, -0.25) is 14.6 Å². The molecule has 0 aromatic carbocycles. The van der Waals surface area contributed by atoms with Gasteiger partial charge in [-0.25, -0.2) is 0 Å². The van der Waals surface area contributed by atoms with Gasteiger partial charge in [0.25, 0.3) is 5.56 Å². The highest BCUT2D eigenvalue weighted by Crippen LogP contribution is 2.05. The number of nitrogens with two attached hydrogens (primary N) is 1. The third kappa shape index (κ3) is 0.955. The largest absolute Gasteiger partial charge is 0.325 e. The summed E-state index contributed by atoms with van der Waals surface area (Å²) in [7, 11) is 1.59. The molecule has 0 radical (unpaired) electrons. The number of H-pyrrole nitrogens is 1. The molecule has 0 aliphatic heterocycles. The van der Waals surface area contributed by atoms with E-state index in [2.05, 4.69) is 5.10 Å². The van der Waals surface area contributed by atoms with Crippen molar-refractivity contribution in [2.75, 3.05) is 0 Å². The molecule has 0 unspecified atom stereocenters. The van der Waals surface area contributed by atoms with Crippen LogP contribution in [0.5, 0.6) is 0 Å². The standard InChI is InChI=1S/C5H8ClN3O/c1-9-5(10)4(6)3(2-7)8-9/h8H,2,7H2,1H3. The van der Waals surface area contributed by atoms with Crippen molar-refractivity contribution >= 4 is 11.6 Å². The molecule has 0 saturated heterocycles. The second-order valence-corrected chi connectivity index (χ2v) is 2.35. The smallest absolute Gasteiger partial charge is 0.285 e. The summed E-state index contributed by atoms with van der Waals surface area (Å²) in [6.45, 7) is 0.259. The van der Waals surface area contributed by atoms with Crippen LogP contribution in [0.1, 0.15) is 5.69 Å². The van der Waals surface area contributed by atoms with Gasteiger partial charge in [0.2, 0.25) is 0 Å². The summed E-state index contributed by atoms with van der Waals surface area (Å²) in [6, 6.07) is 0. The Morgan fingerprint density at radius 3 is 2.60 bits per heavy atom. The molecule has 1 heterocycles. The Morgan fingerprint density at radius 2 is 2.40 bits per heavy atom. The fourth-order valence-electron chi connectivity index (χ4n) is 0.714. The third-order valence-electron chi connectivity index (χ3n) is 1.26. The van der Waals surface area contributed by atoms with Crippen molar-refractivity contribution in [2.24, 2.45) is 12.8 Å². The molecular weight excluding hydrogens is 154 g/mol. The maximum absolute atomic E-state index is 10.9. The van der Waals surface area contributed by atoms with Crippen molar-refractivity contribution in [1.82, 2.24) is 9.78 Å². The summed E-state index contributed by atoms with van der Waals surface area (Å²) in [5, 5.41) is 2.89. The number of rotatable bonds is 1. The van der Waals surface area contributed by atoms with Gasteiger partial charge in [0.1, 0.15) is 5.02 Å². The van der Waals surface area contributed by atoms with Crippen molar-refractivity contribution in [2.45, 2.75) is 6.54 Å². The zero-order valence-corrected chi connectivity index (χ0v) is 6.27. The second kappa shape index (κ2) is 2.48. The number of hydrogen-bond acceptors (Lipinski definition) is 2. The Balaban J connectivity index is 3.31. The molecule has 0 amide bonds. The third-order valence-corrected chi connectivity index (χ3v) is 1.65. The lowest BCUT2D eigenvalue weighted by molar-refractivity contribution is 0.720. The molecule has 0 saturated carbocycles. The van der Waals surface area contributed by atoms with Gasteiger partial charge in [-0.05, 0) is 0 Å². The summed E-state index contributed by atoms with van der Waals surface area (Å²) in [4.78, 5) is 10.9. The van der Waals surface area contributed by atoms with E-state index in [9.17, 15) is 4.79 Å². The molecule has 0 fully saturated rings. The lowest BCUT2D eigenvalue weighted by Crippen LogP contribution is -2.11. The van der Waals surface area contributed by atoms with Crippen LogP contribution < -0.4 is 11.3 Å². The predicted octanol–water partition coefficient (Wildman–Crippen LogP) is -0.174. The Kier molecular flexibility index (Phi) is 1.82. The molecule has 1 rings (SSSR count). The van der Waals surface area contributed by atoms with Crippen LogP contribution in [0, 0.1) is 0 Å². The highest BCUT2D eigenvalue weighted by atomic mass is 35.5. The number of hydrogen-bond donors (Lipinski definition) is 2. The van der Waals surface area contributed by atoms with E-state index in [1.807, 2.05) is 0 Å². The molecule has 10 heavy (non-hydrogen) atoms. The average Bonchev–Trinajstić information content (AvgIpc) is 2.17. The van der Waals surface area contributed by atoms with Crippen LogP contribution in [0.15, 0.2) is 4.79 Å². The predicted molar refractivity (Wildman–Crippen MR) is 38.9 cm³/mol. The zero-order valence-electron chi connectivity index (χ0n) is 5.52. The van der Waals surface area contributed by atoms with E-state index in [1.54, 1.807) is 7.05 Å². The highest BCUT2D eigenvalue weighted by Gasteiger charge is 2.06. The first-order valence-corrected chi connectivity index (χ1v) is 3.18. The van der Waals surface area contributed by atoms with Gasteiger partial charge in [-0.2, -0.15) is 0 Å². The van der Waals surface area contributed by atoms with Crippen molar-refractivity contribution < 1.29 is 0 Å². The summed E-state index contributed by atoms with van der Waals surface area (Å²) in [5.74, 6) is 0. The number of aryl methyl sites for hydroxylation is 1. The van der Waals surface area contributed by atoms with Gasteiger partial charge < -0.3 is 5.73 Å². The number of aromatic nitrogens is 2. The number of nitrogens with one attached hydrogen (secondary N) is 1. The van der Waals surface area contributed by atoms with Crippen LogP contribution in [0.2, 0.25) is 5.02 Å². The molecule has 1 aromatic rings. The van der Waals surface area contributed by atoms with E-state index in [1.165, 1.54) is 4.68 Å². The minimum Gasteiger partial charge on any atom is -0.325 e. The van der Waals surface area contributed by atoms with E-state index in [4.69, 9.17) is 17.3 Å². The Bertz CT molecular complexity index is 288. The summed E-state index contributed by atoms with van der Waals surface area (Å²) in [5.41, 5.74) is 5.61. The average molecular weight is 162 g/mol. The lowest BCUT2D eigenvalue weighted by Gasteiger charge is -1.87. The first kappa shape index (κ1) is 7.37. The van der Waals surface area contributed by atoms with E-state index in [-0.39, 0.29) is 17.1 Å². The normalized spacial score (nSPS) is 10.3. The Morgan fingerprint density at radius 1 is 1.80 bits per heavy atom. The molecule has 56 valence electrons. The van der Waals surface area contributed by atoms with E-state index < -0.39 is 0 Å². The van der Waals surface area contributed by atoms with Gasteiger partial charge in [0.05, 0.1) is 5.69 Å². The van der Waals surface area contributed by atoms with Gasteiger partial charge in [-0.1, -0.05) is 11.6 Å². The van der Waals surface area contributed by atoms with Crippen LogP contribution in [0.25, 0.3) is 0 Å². The van der Waals surface area contributed by atoms with Gasteiger partial charge in [0, 0.05) is 13.6 Å². The van der Waals surface area contributed by atoms with Gasteiger partial charge >= 0.3 is 0 Å². The van der Waals surface area contributed by atoms with E-state index in [0.717, 1.165) is 0 Å². The Labute approximate surface area is 62.6 Å². The molecule has 0 atom stereocenters.